The van der Waals surface area contributed by atoms with E-state index in [0.717, 1.165) is 39.1 Å². The third-order valence-corrected chi connectivity index (χ3v) is 4.92. The zero-order valence-electron chi connectivity index (χ0n) is 15.5. The summed E-state index contributed by atoms with van der Waals surface area (Å²) in [4.78, 5) is 32.7. The van der Waals surface area contributed by atoms with Crippen LogP contribution >= 0.6 is 0 Å². The van der Waals surface area contributed by atoms with Gasteiger partial charge in [-0.15, -0.1) is 0 Å². The molecule has 1 aromatic heterocycles. The van der Waals surface area contributed by atoms with Gasteiger partial charge < -0.3 is 25.2 Å². The Hall–Kier alpha value is -2.19. The number of piperidine rings is 1. The Balaban J connectivity index is 1.59. The van der Waals surface area contributed by atoms with Crippen molar-refractivity contribution in [1.82, 2.24) is 14.8 Å². The number of nitrogens with zero attached hydrogens (tertiary/aromatic N) is 3. The average molecular weight is 361 g/mol. The van der Waals surface area contributed by atoms with Gasteiger partial charge in [0.25, 0.3) is 5.91 Å². The molecule has 0 aromatic carbocycles. The van der Waals surface area contributed by atoms with E-state index in [1.54, 1.807) is 24.3 Å². The summed E-state index contributed by atoms with van der Waals surface area (Å²) in [6.07, 6.45) is 3.84. The highest BCUT2D eigenvalue weighted by atomic mass is 16.5. The van der Waals surface area contributed by atoms with Gasteiger partial charge >= 0.3 is 0 Å². The normalized spacial score (nSPS) is 20.1. The Bertz CT molecular complexity index is 666. The third-order valence-electron chi connectivity index (χ3n) is 4.92. The lowest BCUT2D eigenvalue weighted by Crippen LogP contribution is -2.42. The molecule has 1 atom stereocenters. The summed E-state index contributed by atoms with van der Waals surface area (Å²) in [5, 5.41) is 5.68. The summed E-state index contributed by atoms with van der Waals surface area (Å²) in [5.41, 5.74) is 1.05. The van der Waals surface area contributed by atoms with Gasteiger partial charge in [-0.1, -0.05) is 0 Å². The van der Waals surface area contributed by atoms with Gasteiger partial charge in [-0.2, -0.15) is 0 Å². The first-order valence-corrected chi connectivity index (χ1v) is 9.07. The number of carbonyl (C=O) groups excluding carboxylic acids is 2. The Kier molecular flexibility index (Phi) is 6.05. The van der Waals surface area contributed by atoms with Crippen LogP contribution in [-0.2, 0) is 9.53 Å². The molecule has 8 nitrogen and oxygen atoms in total. The average Bonchev–Trinajstić information content (AvgIpc) is 2.65. The summed E-state index contributed by atoms with van der Waals surface area (Å²) in [5.74, 6) is 0.858. The number of ether oxygens (including phenoxy) is 1. The number of nitrogens with one attached hydrogen (secondary N) is 2. The minimum atomic E-state index is -0.129. The van der Waals surface area contributed by atoms with E-state index in [1.165, 1.54) is 0 Å². The van der Waals surface area contributed by atoms with Crippen LogP contribution in [0.15, 0.2) is 12.3 Å². The SMILES string of the molecule is COCCN1CCCC(CN(C)C(=O)c2cnc3c(c2)NC(=O)CN3)C1. The predicted octanol–water partition coefficient (Wildman–Crippen LogP) is 0.876. The molecular formula is C18H27N5O3. The molecule has 1 aromatic rings. The number of fused-ring (bicyclic) bond motifs is 1. The molecule has 3 rings (SSSR count). The topological polar surface area (TPSA) is 86.8 Å². The maximum Gasteiger partial charge on any atom is 0.255 e. The maximum absolute atomic E-state index is 12.8. The molecule has 26 heavy (non-hydrogen) atoms. The van der Waals surface area contributed by atoms with Crippen LogP contribution in [0.1, 0.15) is 23.2 Å². The Morgan fingerprint density at radius 3 is 3.15 bits per heavy atom. The second-order valence-corrected chi connectivity index (χ2v) is 7.01. The Labute approximate surface area is 153 Å². The van der Waals surface area contributed by atoms with Gasteiger partial charge in [0.2, 0.25) is 5.91 Å². The molecule has 0 radical (unpaired) electrons. The molecule has 1 unspecified atom stereocenters. The smallest absolute Gasteiger partial charge is 0.255 e. The van der Waals surface area contributed by atoms with Crippen LogP contribution in [0.5, 0.6) is 0 Å². The van der Waals surface area contributed by atoms with Gasteiger partial charge in [0, 0.05) is 40.0 Å². The van der Waals surface area contributed by atoms with E-state index in [2.05, 4.69) is 20.5 Å². The van der Waals surface area contributed by atoms with Gasteiger partial charge in [0.05, 0.1) is 24.4 Å². The lowest BCUT2D eigenvalue weighted by atomic mass is 9.97. The van der Waals surface area contributed by atoms with Crippen molar-refractivity contribution < 1.29 is 14.3 Å². The molecule has 142 valence electrons. The van der Waals surface area contributed by atoms with Crippen LogP contribution in [0.2, 0.25) is 0 Å². The van der Waals surface area contributed by atoms with Crippen LogP contribution in [0.4, 0.5) is 11.5 Å². The number of hydrogen-bond acceptors (Lipinski definition) is 6. The zero-order valence-corrected chi connectivity index (χ0v) is 15.5. The molecule has 8 heteroatoms. The first kappa shape index (κ1) is 18.6. The Morgan fingerprint density at radius 2 is 2.35 bits per heavy atom. The lowest BCUT2D eigenvalue weighted by molar-refractivity contribution is -0.114. The lowest BCUT2D eigenvalue weighted by Gasteiger charge is -2.34. The highest BCUT2D eigenvalue weighted by Gasteiger charge is 2.24. The zero-order chi connectivity index (χ0) is 18.5. The largest absolute Gasteiger partial charge is 0.383 e. The standard InChI is InChI=1S/C18H27N5O3/c1-22(11-13-4-3-5-23(12-13)6-7-26-2)18(25)14-8-15-17(19-9-14)20-10-16(24)21-15/h8-9,13H,3-7,10-12H2,1-2H3,(H,19,20)(H,21,24). The summed E-state index contributed by atoms with van der Waals surface area (Å²) in [6, 6.07) is 1.69. The summed E-state index contributed by atoms with van der Waals surface area (Å²) < 4.78 is 5.16. The molecule has 0 saturated carbocycles. The first-order valence-electron chi connectivity index (χ1n) is 9.07. The number of pyridine rings is 1. The molecule has 1 saturated heterocycles. The quantitative estimate of drug-likeness (QED) is 0.782. The summed E-state index contributed by atoms with van der Waals surface area (Å²) in [7, 11) is 3.55. The molecule has 0 aliphatic carbocycles. The van der Waals surface area contributed by atoms with Crippen molar-refractivity contribution >= 4 is 23.3 Å². The number of methoxy groups -OCH3 is 1. The van der Waals surface area contributed by atoms with E-state index in [9.17, 15) is 9.59 Å². The van der Waals surface area contributed by atoms with E-state index in [4.69, 9.17) is 4.74 Å². The molecule has 2 amide bonds. The molecular weight excluding hydrogens is 334 g/mol. The van der Waals surface area contributed by atoms with E-state index in [-0.39, 0.29) is 18.4 Å². The van der Waals surface area contributed by atoms with Crippen LogP contribution in [0, 0.1) is 5.92 Å². The molecule has 1 fully saturated rings. The molecule has 0 spiro atoms. The van der Waals surface area contributed by atoms with E-state index < -0.39 is 0 Å². The van der Waals surface area contributed by atoms with Crippen LogP contribution < -0.4 is 10.6 Å². The summed E-state index contributed by atoms with van der Waals surface area (Å²) >= 11 is 0. The molecule has 0 bridgehead atoms. The van der Waals surface area contributed by atoms with Crippen LogP contribution in [-0.4, -0.2) is 80.1 Å². The number of rotatable bonds is 6. The summed E-state index contributed by atoms with van der Waals surface area (Å²) in [6.45, 7) is 4.68. The van der Waals surface area contributed by atoms with Gasteiger partial charge in [-0.25, -0.2) is 4.98 Å². The van der Waals surface area contributed by atoms with Gasteiger partial charge in [-0.3, -0.25) is 9.59 Å². The third kappa shape index (κ3) is 4.50. The minimum Gasteiger partial charge on any atom is -0.383 e. The highest BCUT2D eigenvalue weighted by molar-refractivity contribution is 6.02. The monoisotopic (exact) mass is 361 g/mol. The van der Waals surface area contributed by atoms with E-state index >= 15 is 0 Å². The molecule has 2 N–H and O–H groups in total. The fourth-order valence-electron chi connectivity index (χ4n) is 3.59. The number of hydrogen-bond donors (Lipinski definition) is 2. The fourth-order valence-corrected chi connectivity index (χ4v) is 3.59. The van der Waals surface area contributed by atoms with Crippen molar-refractivity contribution in [3.63, 3.8) is 0 Å². The molecule has 2 aliphatic rings. The number of likely N-dealkylation sites (tertiary alicyclic amines) is 1. The van der Waals surface area contributed by atoms with Crippen LogP contribution in [0.3, 0.4) is 0 Å². The van der Waals surface area contributed by atoms with Crippen LogP contribution in [0.25, 0.3) is 0 Å². The van der Waals surface area contributed by atoms with E-state index in [1.807, 2.05) is 7.05 Å². The second kappa shape index (κ2) is 8.46. The number of aromatic nitrogens is 1. The van der Waals surface area contributed by atoms with Crippen molar-refractivity contribution in [2.75, 3.05) is 64.1 Å². The molecule has 2 aliphatic heterocycles. The van der Waals surface area contributed by atoms with Crippen molar-refractivity contribution in [3.05, 3.63) is 17.8 Å². The molecule has 3 heterocycles. The fraction of sp³-hybridized carbons (Fsp3) is 0.611. The second-order valence-electron chi connectivity index (χ2n) is 7.01. The number of amides is 2. The number of carbonyl (C=O) groups is 2. The Morgan fingerprint density at radius 1 is 1.50 bits per heavy atom. The first-order chi connectivity index (χ1) is 12.6. The predicted molar refractivity (Wildman–Crippen MR) is 99.4 cm³/mol. The van der Waals surface area contributed by atoms with Crippen molar-refractivity contribution in [2.45, 2.75) is 12.8 Å². The van der Waals surface area contributed by atoms with Gasteiger partial charge in [-0.05, 0) is 31.4 Å². The van der Waals surface area contributed by atoms with Gasteiger partial charge in [0.1, 0.15) is 5.82 Å². The van der Waals surface area contributed by atoms with E-state index in [0.29, 0.717) is 29.5 Å². The van der Waals surface area contributed by atoms with Crippen molar-refractivity contribution in [3.8, 4) is 0 Å². The minimum absolute atomic E-state index is 0.0749. The van der Waals surface area contributed by atoms with Crippen molar-refractivity contribution in [1.29, 1.82) is 0 Å². The van der Waals surface area contributed by atoms with Gasteiger partial charge in [0.15, 0.2) is 0 Å². The maximum atomic E-state index is 12.8. The number of anilines is 2. The van der Waals surface area contributed by atoms with Crippen molar-refractivity contribution in [2.24, 2.45) is 5.92 Å². The highest BCUT2D eigenvalue weighted by Crippen LogP contribution is 2.24.